The Bertz CT molecular complexity index is 230. The molecule has 0 spiro atoms. The number of hydrogen-bond acceptors (Lipinski definition) is 3. The van der Waals surface area contributed by atoms with E-state index in [4.69, 9.17) is 5.11 Å². The van der Waals surface area contributed by atoms with E-state index in [-0.39, 0.29) is 28.4 Å². The Hall–Kier alpha value is -0.731. The van der Waals surface area contributed by atoms with Crippen LogP contribution in [0.15, 0.2) is 27.6 Å². The molecule has 0 aliphatic rings. The van der Waals surface area contributed by atoms with Crippen molar-refractivity contribution in [3.63, 3.8) is 0 Å². The molecule has 1 aromatic rings. The first-order chi connectivity index (χ1) is 3.79. The molecule has 9 heavy (non-hydrogen) atoms. The zero-order valence-electron chi connectivity index (χ0n) is 4.35. The molecular weight excluding hydrogens is 164 g/mol. The first-order valence-corrected chi connectivity index (χ1v) is 2.07. The van der Waals surface area contributed by atoms with Crippen LogP contribution in [-0.2, 0) is 17.1 Å². The second-order valence-corrected chi connectivity index (χ2v) is 1.31. The summed E-state index contributed by atoms with van der Waals surface area (Å²) < 4.78 is 4.36. The summed E-state index contributed by atoms with van der Waals surface area (Å²) in [6.07, 6.45) is 1.14. The normalized spacial score (nSPS) is 8.00. The van der Waals surface area contributed by atoms with Gasteiger partial charge in [0.05, 0.1) is 12.3 Å². The first kappa shape index (κ1) is 8.27. The van der Waals surface area contributed by atoms with E-state index in [0.717, 1.165) is 12.3 Å². The van der Waals surface area contributed by atoms with Gasteiger partial charge in [-0.2, -0.15) is 0 Å². The maximum Gasteiger partial charge on any atom is 0.285 e. The molecule has 0 saturated carbocycles. The molecule has 50 valence electrons. The summed E-state index contributed by atoms with van der Waals surface area (Å²) in [5.41, 5.74) is -0.256. The Morgan fingerprint density at radius 2 is 2.22 bits per heavy atom. The molecule has 0 aliphatic heterocycles. The van der Waals surface area contributed by atoms with E-state index >= 15 is 0 Å². The smallest absolute Gasteiger partial charge is 0.285 e. The van der Waals surface area contributed by atoms with E-state index < -0.39 is 0 Å². The van der Waals surface area contributed by atoms with Crippen LogP contribution < -0.4 is 5.43 Å². The predicted octanol–water partition coefficient (Wildman–Crippen LogP) is 0.343. The first-order valence-electron chi connectivity index (χ1n) is 2.07. The zero-order valence-corrected chi connectivity index (χ0v) is 5.45. The van der Waals surface area contributed by atoms with E-state index in [9.17, 15) is 4.79 Å². The van der Waals surface area contributed by atoms with Crippen molar-refractivity contribution in [2.75, 3.05) is 0 Å². The van der Waals surface area contributed by atoms with Crippen molar-refractivity contribution < 1.29 is 26.6 Å². The van der Waals surface area contributed by atoms with Gasteiger partial charge in [-0.3, -0.25) is 4.79 Å². The fourth-order valence-electron chi connectivity index (χ4n) is 0.375. The predicted molar refractivity (Wildman–Crippen MR) is 26.6 cm³/mol. The monoisotopic (exact) mass is 168 g/mol. The van der Waals surface area contributed by atoms with Gasteiger partial charge in [0, 0.05) is 23.1 Å². The third kappa shape index (κ3) is 2.35. The fourth-order valence-corrected chi connectivity index (χ4v) is 0.375. The van der Waals surface area contributed by atoms with E-state index in [0.29, 0.717) is 0 Å². The second-order valence-electron chi connectivity index (χ2n) is 1.31. The largest absolute Gasteiger partial charge is 0.481 e. The summed E-state index contributed by atoms with van der Waals surface area (Å²) in [4.78, 5) is 10.3. The standard InChI is InChI=1S/C5H4O3.Fe/c6-4-1-2-8-5(7)3-4;/h1-3,7H;. The summed E-state index contributed by atoms with van der Waals surface area (Å²) in [6, 6.07) is 2.22. The van der Waals surface area contributed by atoms with Gasteiger partial charge in [-0.1, -0.05) is 0 Å². The van der Waals surface area contributed by atoms with Crippen molar-refractivity contribution in [3.05, 3.63) is 28.6 Å². The van der Waals surface area contributed by atoms with Gasteiger partial charge in [-0.25, -0.2) is 0 Å². The summed E-state index contributed by atoms with van der Waals surface area (Å²) in [7, 11) is 0. The fraction of sp³-hybridized carbons (Fsp3) is 0. The van der Waals surface area contributed by atoms with Gasteiger partial charge < -0.3 is 9.52 Å². The summed E-state index contributed by atoms with van der Waals surface area (Å²) in [6.45, 7) is 0. The maximum absolute atomic E-state index is 10.3. The van der Waals surface area contributed by atoms with Gasteiger partial charge in [-0.15, -0.1) is 0 Å². The van der Waals surface area contributed by atoms with E-state index in [1.165, 1.54) is 6.07 Å². The van der Waals surface area contributed by atoms with Gasteiger partial charge in [-0.05, 0) is 0 Å². The minimum Gasteiger partial charge on any atom is -0.481 e. The molecule has 1 N–H and O–H groups in total. The van der Waals surface area contributed by atoms with E-state index in [1.807, 2.05) is 0 Å². The third-order valence-electron chi connectivity index (χ3n) is 0.687. The van der Waals surface area contributed by atoms with Crippen LogP contribution in [0.5, 0.6) is 5.95 Å². The molecule has 0 amide bonds. The van der Waals surface area contributed by atoms with Gasteiger partial charge in [0.15, 0.2) is 5.43 Å². The van der Waals surface area contributed by atoms with Crippen LogP contribution >= 0.6 is 0 Å². The molecule has 0 saturated heterocycles. The summed E-state index contributed by atoms with van der Waals surface area (Å²) in [5, 5.41) is 8.45. The zero-order chi connectivity index (χ0) is 5.98. The number of rotatable bonds is 0. The van der Waals surface area contributed by atoms with Crippen molar-refractivity contribution in [2.24, 2.45) is 0 Å². The van der Waals surface area contributed by atoms with Crippen molar-refractivity contribution in [2.45, 2.75) is 0 Å². The van der Waals surface area contributed by atoms with Crippen molar-refractivity contribution in [1.82, 2.24) is 0 Å². The average Bonchev–Trinajstić information content (AvgIpc) is 1.64. The Morgan fingerprint density at radius 3 is 2.56 bits per heavy atom. The molecule has 0 aromatic carbocycles. The average molecular weight is 168 g/mol. The molecule has 1 aromatic heterocycles. The molecule has 1 rings (SSSR count). The number of aromatic hydroxyl groups is 1. The molecule has 1 heterocycles. The van der Waals surface area contributed by atoms with Crippen LogP contribution in [-0.4, -0.2) is 5.11 Å². The van der Waals surface area contributed by atoms with Crippen LogP contribution in [0.2, 0.25) is 0 Å². The van der Waals surface area contributed by atoms with Crippen LogP contribution in [0, 0.1) is 0 Å². The molecule has 0 unspecified atom stereocenters. The molecule has 0 atom stereocenters. The SMILES string of the molecule is O=c1ccoc(O)c1.[Fe]. The van der Waals surface area contributed by atoms with Gasteiger partial charge >= 0.3 is 0 Å². The van der Waals surface area contributed by atoms with Crippen molar-refractivity contribution >= 4 is 0 Å². The van der Waals surface area contributed by atoms with E-state index in [2.05, 4.69) is 4.42 Å². The Balaban J connectivity index is 0.000000640. The van der Waals surface area contributed by atoms with Crippen LogP contribution in [0.1, 0.15) is 0 Å². The molecule has 0 fully saturated rings. The minimum absolute atomic E-state index is 0. The Labute approximate surface area is 61.8 Å². The minimum atomic E-state index is -0.350. The topological polar surface area (TPSA) is 50.4 Å². The van der Waals surface area contributed by atoms with Crippen LogP contribution in [0.4, 0.5) is 0 Å². The van der Waals surface area contributed by atoms with Crippen molar-refractivity contribution in [3.8, 4) is 5.95 Å². The molecule has 4 heteroatoms. The molecule has 0 radical (unpaired) electrons. The van der Waals surface area contributed by atoms with Gasteiger partial charge in [0.25, 0.3) is 5.95 Å². The second kappa shape index (κ2) is 3.33. The Kier molecular flexibility index (Phi) is 3.06. The van der Waals surface area contributed by atoms with E-state index in [1.54, 1.807) is 0 Å². The van der Waals surface area contributed by atoms with Crippen molar-refractivity contribution in [1.29, 1.82) is 0 Å². The van der Waals surface area contributed by atoms with Crippen LogP contribution in [0.25, 0.3) is 0 Å². The Morgan fingerprint density at radius 1 is 1.56 bits per heavy atom. The summed E-state index contributed by atoms with van der Waals surface area (Å²) in [5.74, 6) is -0.350. The van der Waals surface area contributed by atoms with Gasteiger partial charge in [0.1, 0.15) is 0 Å². The third-order valence-corrected chi connectivity index (χ3v) is 0.687. The molecule has 3 nitrogen and oxygen atoms in total. The molecule has 0 bridgehead atoms. The maximum atomic E-state index is 10.3. The summed E-state index contributed by atoms with van der Waals surface area (Å²) >= 11 is 0. The molecule has 0 aliphatic carbocycles. The number of hydrogen-bond donors (Lipinski definition) is 1. The quantitative estimate of drug-likeness (QED) is 0.568. The van der Waals surface area contributed by atoms with Gasteiger partial charge in [0.2, 0.25) is 0 Å². The molecular formula is C5H4FeO3. The van der Waals surface area contributed by atoms with Crippen LogP contribution in [0.3, 0.4) is 0 Å².